The monoisotopic (exact) mass is 377 g/mol. The number of hydrogen-bond acceptors (Lipinski definition) is 2. The molecule has 1 spiro atoms. The van der Waals surface area contributed by atoms with Gasteiger partial charge in [-0.15, -0.1) is 0 Å². The van der Waals surface area contributed by atoms with Crippen LogP contribution in [0.1, 0.15) is 80.0 Å². The molecule has 1 aliphatic carbocycles. The number of ether oxygens (including phenoxy) is 1. The number of rotatable bonds is 6. The lowest BCUT2D eigenvalue weighted by molar-refractivity contribution is -0.104. The van der Waals surface area contributed by atoms with E-state index in [1.54, 1.807) is 5.56 Å². The summed E-state index contributed by atoms with van der Waals surface area (Å²) in [6.07, 6.45) is 16.5. The Morgan fingerprint density at radius 3 is 2.50 bits per heavy atom. The molecule has 4 rings (SSSR count). The van der Waals surface area contributed by atoms with Gasteiger partial charge in [0.1, 0.15) is 0 Å². The number of aromatic nitrogens is 1. The summed E-state index contributed by atoms with van der Waals surface area (Å²) >= 11 is 0. The van der Waals surface area contributed by atoms with Crippen LogP contribution in [0.4, 0.5) is 0 Å². The Bertz CT molecular complexity index is 775. The van der Waals surface area contributed by atoms with Crippen molar-refractivity contribution in [3.8, 4) is 0 Å². The van der Waals surface area contributed by atoms with Gasteiger partial charge in [-0.05, 0) is 81.5 Å². The fraction of sp³-hybridized carbons (Fsp3) is 0.577. The Hall–Kier alpha value is -1.67. The summed E-state index contributed by atoms with van der Waals surface area (Å²) in [5, 5.41) is 0. The average molecular weight is 378 g/mol. The summed E-state index contributed by atoms with van der Waals surface area (Å²) in [6.45, 7) is 5.32. The predicted molar refractivity (Wildman–Crippen MR) is 116 cm³/mol. The van der Waals surface area contributed by atoms with Crippen molar-refractivity contribution in [3.05, 3.63) is 65.0 Å². The Kier molecular flexibility index (Phi) is 5.87. The highest BCUT2D eigenvalue weighted by Crippen LogP contribution is 2.50. The van der Waals surface area contributed by atoms with Crippen LogP contribution in [0.3, 0.4) is 0 Å². The molecule has 1 aromatic heterocycles. The van der Waals surface area contributed by atoms with E-state index in [-0.39, 0.29) is 5.60 Å². The summed E-state index contributed by atoms with van der Waals surface area (Å²) in [7, 11) is 0. The number of benzene rings is 1. The van der Waals surface area contributed by atoms with Gasteiger partial charge in [-0.2, -0.15) is 0 Å². The van der Waals surface area contributed by atoms with Crippen LogP contribution in [0, 0.1) is 13.8 Å². The average Bonchev–Trinajstić information content (AvgIpc) is 3.14. The zero-order chi connectivity index (χ0) is 19.5. The van der Waals surface area contributed by atoms with Gasteiger partial charge in [-0.25, -0.2) is 0 Å². The van der Waals surface area contributed by atoms with E-state index in [0.717, 1.165) is 13.0 Å². The van der Waals surface area contributed by atoms with E-state index in [4.69, 9.17) is 4.74 Å². The van der Waals surface area contributed by atoms with Crippen molar-refractivity contribution in [2.24, 2.45) is 0 Å². The summed E-state index contributed by atoms with van der Waals surface area (Å²) in [5.74, 6) is 0. The van der Waals surface area contributed by atoms with Crippen molar-refractivity contribution in [1.29, 1.82) is 0 Å². The summed E-state index contributed by atoms with van der Waals surface area (Å²) in [6, 6.07) is 11.5. The molecule has 1 aliphatic heterocycles. The van der Waals surface area contributed by atoms with Crippen molar-refractivity contribution in [2.75, 3.05) is 6.61 Å². The van der Waals surface area contributed by atoms with Crippen molar-refractivity contribution >= 4 is 0 Å². The molecular formula is C26H35NO. The van der Waals surface area contributed by atoms with E-state index in [2.05, 4.69) is 49.2 Å². The largest absolute Gasteiger partial charge is 0.375 e. The molecule has 1 aromatic carbocycles. The van der Waals surface area contributed by atoms with Gasteiger partial charge in [0.2, 0.25) is 0 Å². The minimum absolute atomic E-state index is 0.156. The van der Waals surface area contributed by atoms with Crippen molar-refractivity contribution in [1.82, 2.24) is 4.98 Å². The second-order valence-corrected chi connectivity index (χ2v) is 9.32. The van der Waals surface area contributed by atoms with Crippen LogP contribution >= 0.6 is 0 Å². The maximum Gasteiger partial charge on any atom is 0.0691 e. The van der Waals surface area contributed by atoms with E-state index in [0.29, 0.717) is 5.41 Å². The SMILES string of the molecule is Cc1ccc([C@]2(CCCCc3cnccc3C)CCOC3(CCCC3)C2)cc1. The smallest absolute Gasteiger partial charge is 0.0691 e. The van der Waals surface area contributed by atoms with Gasteiger partial charge in [0.05, 0.1) is 5.60 Å². The predicted octanol–water partition coefficient (Wildman–Crippen LogP) is 6.47. The molecule has 2 heterocycles. The lowest BCUT2D eigenvalue weighted by Crippen LogP contribution is -2.46. The molecule has 2 aliphatic rings. The molecular weight excluding hydrogens is 342 g/mol. The van der Waals surface area contributed by atoms with E-state index in [1.807, 2.05) is 12.4 Å². The first-order chi connectivity index (χ1) is 13.6. The van der Waals surface area contributed by atoms with Crippen LogP contribution in [-0.4, -0.2) is 17.2 Å². The van der Waals surface area contributed by atoms with Crippen LogP contribution in [0.25, 0.3) is 0 Å². The van der Waals surface area contributed by atoms with Crippen LogP contribution < -0.4 is 0 Å². The Morgan fingerprint density at radius 2 is 1.75 bits per heavy atom. The Balaban J connectivity index is 1.48. The van der Waals surface area contributed by atoms with Gasteiger partial charge in [0.15, 0.2) is 0 Å². The standard InChI is InChI=1S/C26H35NO/c1-21-8-10-24(11-9-21)25(16-18-28-26(20-25)14-5-6-15-26)13-4-3-7-23-19-27-17-12-22(23)2/h8-12,17,19H,3-7,13-16,18,20H2,1-2H3/t25-/m1/s1. The zero-order valence-corrected chi connectivity index (χ0v) is 17.7. The molecule has 150 valence electrons. The van der Waals surface area contributed by atoms with Gasteiger partial charge in [0.25, 0.3) is 0 Å². The first-order valence-electron chi connectivity index (χ1n) is 11.2. The molecule has 2 aromatic rings. The molecule has 0 amide bonds. The molecule has 2 fully saturated rings. The number of hydrogen-bond donors (Lipinski definition) is 0. The normalized spacial score (nSPS) is 23.9. The second-order valence-electron chi connectivity index (χ2n) is 9.32. The molecule has 1 atom stereocenters. The third kappa shape index (κ3) is 4.17. The van der Waals surface area contributed by atoms with E-state index in [9.17, 15) is 0 Å². The zero-order valence-electron chi connectivity index (χ0n) is 17.7. The van der Waals surface area contributed by atoms with Crippen LogP contribution in [0.2, 0.25) is 0 Å². The molecule has 1 saturated heterocycles. The summed E-state index contributed by atoms with van der Waals surface area (Å²) in [4.78, 5) is 4.32. The molecule has 0 radical (unpaired) electrons. The number of nitrogens with zero attached hydrogens (tertiary/aromatic N) is 1. The molecule has 0 unspecified atom stereocenters. The number of aryl methyl sites for hydroxylation is 3. The lowest BCUT2D eigenvalue weighted by Gasteiger charge is -2.47. The molecule has 0 N–H and O–H groups in total. The Morgan fingerprint density at radius 1 is 0.964 bits per heavy atom. The molecule has 2 heteroatoms. The van der Waals surface area contributed by atoms with Gasteiger partial charge in [-0.1, -0.05) is 49.1 Å². The number of pyridine rings is 1. The fourth-order valence-electron chi connectivity index (χ4n) is 5.61. The van der Waals surface area contributed by atoms with Gasteiger partial charge in [-0.3, -0.25) is 4.98 Å². The molecule has 2 nitrogen and oxygen atoms in total. The van der Waals surface area contributed by atoms with Gasteiger partial charge < -0.3 is 4.74 Å². The summed E-state index contributed by atoms with van der Waals surface area (Å²) < 4.78 is 6.41. The minimum atomic E-state index is 0.156. The van der Waals surface area contributed by atoms with Crippen molar-refractivity contribution in [2.45, 2.75) is 89.1 Å². The summed E-state index contributed by atoms with van der Waals surface area (Å²) in [5.41, 5.74) is 6.13. The van der Waals surface area contributed by atoms with Gasteiger partial charge >= 0.3 is 0 Å². The highest BCUT2D eigenvalue weighted by molar-refractivity contribution is 5.30. The van der Waals surface area contributed by atoms with Crippen LogP contribution in [0.15, 0.2) is 42.7 Å². The van der Waals surface area contributed by atoms with E-state index < -0.39 is 0 Å². The van der Waals surface area contributed by atoms with Crippen LogP contribution in [-0.2, 0) is 16.6 Å². The highest BCUT2D eigenvalue weighted by atomic mass is 16.5. The minimum Gasteiger partial charge on any atom is -0.375 e. The lowest BCUT2D eigenvalue weighted by atomic mass is 9.65. The Labute approximate surface area is 170 Å². The molecule has 1 saturated carbocycles. The van der Waals surface area contributed by atoms with E-state index >= 15 is 0 Å². The maximum atomic E-state index is 6.41. The third-order valence-electron chi connectivity index (χ3n) is 7.33. The van der Waals surface area contributed by atoms with Crippen molar-refractivity contribution < 1.29 is 4.74 Å². The first-order valence-corrected chi connectivity index (χ1v) is 11.2. The maximum absolute atomic E-state index is 6.41. The van der Waals surface area contributed by atoms with Crippen molar-refractivity contribution in [3.63, 3.8) is 0 Å². The third-order valence-corrected chi connectivity index (χ3v) is 7.33. The number of unbranched alkanes of at least 4 members (excludes halogenated alkanes) is 1. The highest BCUT2D eigenvalue weighted by Gasteiger charge is 2.47. The quantitative estimate of drug-likeness (QED) is 0.538. The van der Waals surface area contributed by atoms with E-state index in [1.165, 1.54) is 74.5 Å². The first kappa shape index (κ1) is 19.6. The molecule has 0 bridgehead atoms. The topological polar surface area (TPSA) is 22.1 Å². The van der Waals surface area contributed by atoms with Crippen LogP contribution in [0.5, 0.6) is 0 Å². The van der Waals surface area contributed by atoms with Gasteiger partial charge in [0, 0.05) is 24.4 Å². The fourth-order valence-corrected chi connectivity index (χ4v) is 5.61. The second kappa shape index (κ2) is 8.37. The molecule has 28 heavy (non-hydrogen) atoms.